The van der Waals surface area contributed by atoms with E-state index in [1.54, 1.807) is 12.1 Å². The molecule has 0 aromatic heterocycles. The molecule has 0 amide bonds. The lowest BCUT2D eigenvalue weighted by molar-refractivity contribution is -0.168. The second-order valence-electron chi connectivity index (χ2n) is 5.86. The van der Waals surface area contributed by atoms with Crippen molar-refractivity contribution in [1.29, 1.82) is 5.26 Å². The summed E-state index contributed by atoms with van der Waals surface area (Å²) in [6.07, 6.45) is 1.84. The first-order valence-corrected chi connectivity index (χ1v) is 6.65. The minimum absolute atomic E-state index is 0.0706. The van der Waals surface area contributed by atoms with Crippen LogP contribution in [0.25, 0.3) is 0 Å². The Labute approximate surface area is 111 Å². The fourth-order valence-corrected chi connectivity index (χ4v) is 3.39. The fraction of sp³-hybridized carbons (Fsp3) is 0.533. The van der Waals surface area contributed by atoms with Gasteiger partial charge in [-0.05, 0) is 42.5 Å². The molecule has 1 heterocycles. The van der Waals surface area contributed by atoms with Crippen LogP contribution in [0.5, 0.6) is 0 Å². The summed E-state index contributed by atoms with van der Waals surface area (Å²) in [5.74, 6) is -2.42. The fourth-order valence-electron chi connectivity index (χ4n) is 3.39. The number of nitriles is 1. The molecule has 19 heavy (non-hydrogen) atoms. The van der Waals surface area contributed by atoms with Crippen molar-refractivity contribution in [3.8, 4) is 6.07 Å². The molecule has 3 rings (SSSR count). The summed E-state index contributed by atoms with van der Waals surface area (Å²) in [7, 11) is 0. The van der Waals surface area contributed by atoms with Gasteiger partial charge in [0.25, 0.3) is 0 Å². The summed E-state index contributed by atoms with van der Waals surface area (Å²) in [4.78, 5) is 2.23. The van der Waals surface area contributed by atoms with Crippen LogP contribution in [0.15, 0.2) is 24.3 Å². The molecule has 0 atom stereocenters. The van der Waals surface area contributed by atoms with Crippen LogP contribution in [-0.4, -0.2) is 19.0 Å². The third kappa shape index (κ3) is 2.30. The van der Waals surface area contributed by atoms with E-state index < -0.39 is 5.92 Å². The SMILES string of the molecule is N#Cc1ccc(N2CCC3(CC2)CC(F)(F)C3)cc1. The number of hydrogen-bond donors (Lipinski definition) is 0. The molecule has 1 saturated carbocycles. The molecule has 4 heteroatoms. The average molecular weight is 262 g/mol. The van der Waals surface area contributed by atoms with E-state index in [2.05, 4.69) is 11.0 Å². The number of nitrogens with zero attached hydrogens (tertiary/aromatic N) is 2. The molecule has 0 unspecified atom stereocenters. The van der Waals surface area contributed by atoms with Crippen LogP contribution in [0.2, 0.25) is 0 Å². The lowest BCUT2D eigenvalue weighted by atomic mass is 9.61. The zero-order chi connectivity index (χ0) is 13.5. The monoisotopic (exact) mass is 262 g/mol. The van der Waals surface area contributed by atoms with Crippen LogP contribution in [0, 0.1) is 16.7 Å². The Morgan fingerprint density at radius 3 is 2.11 bits per heavy atom. The summed E-state index contributed by atoms with van der Waals surface area (Å²) in [5, 5.41) is 8.76. The van der Waals surface area contributed by atoms with Crippen LogP contribution in [0.1, 0.15) is 31.2 Å². The van der Waals surface area contributed by atoms with Crippen molar-refractivity contribution in [3.63, 3.8) is 0 Å². The Kier molecular flexibility index (Phi) is 2.74. The lowest BCUT2D eigenvalue weighted by Crippen LogP contribution is -2.52. The minimum atomic E-state index is -2.42. The first kappa shape index (κ1) is 12.4. The van der Waals surface area contributed by atoms with E-state index in [4.69, 9.17) is 5.26 Å². The minimum Gasteiger partial charge on any atom is -0.371 e. The Morgan fingerprint density at radius 2 is 1.63 bits per heavy atom. The van der Waals surface area contributed by atoms with Crippen molar-refractivity contribution < 1.29 is 8.78 Å². The predicted molar refractivity (Wildman–Crippen MR) is 69.2 cm³/mol. The smallest absolute Gasteiger partial charge is 0.249 e. The zero-order valence-corrected chi connectivity index (χ0v) is 10.7. The van der Waals surface area contributed by atoms with Gasteiger partial charge in [-0.25, -0.2) is 8.78 Å². The van der Waals surface area contributed by atoms with Crippen LogP contribution in [0.3, 0.4) is 0 Å². The van der Waals surface area contributed by atoms with Gasteiger partial charge in [-0.2, -0.15) is 5.26 Å². The standard InChI is InChI=1S/C15H16F2N2/c16-15(17)10-14(11-15)5-7-19(8-6-14)13-3-1-12(9-18)2-4-13/h1-4H,5-8,10-11H2. The predicted octanol–water partition coefficient (Wildman–Crippen LogP) is 3.57. The van der Waals surface area contributed by atoms with Crippen LogP contribution < -0.4 is 4.90 Å². The molecule has 100 valence electrons. The number of alkyl halides is 2. The molecule has 2 aliphatic rings. The number of anilines is 1. The van der Waals surface area contributed by atoms with E-state index in [9.17, 15) is 8.78 Å². The summed E-state index contributed by atoms with van der Waals surface area (Å²) in [6, 6.07) is 9.57. The van der Waals surface area contributed by atoms with Crippen molar-refractivity contribution in [2.24, 2.45) is 5.41 Å². The van der Waals surface area contributed by atoms with Crippen molar-refractivity contribution in [2.45, 2.75) is 31.6 Å². The first-order chi connectivity index (χ1) is 9.02. The molecule has 1 aromatic rings. The second kappa shape index (κ2) is 4.19. The molecule has 1 aliphatic heterocycles. The van der Waals surface area contributed by atoms with E-state index >= 15 is 0 Å². The maximum absolute atomic E-state index is 13.0. The van der Waals surface area contributed by atoms with Crippen LogP contribution in [-0.2, 0) is 0 Å². The average Bonchev–Trinajstić information content (AvgIpc) is 2.38. The highest BCUT2D eigenvalue weighted by molar-refractivity contribution is 5.50. The van der Waals surface area contributed by atoms with E-state index in [0.717, 1.165) is 31.6 Å². The maximum atomic E-state index is 13.0. The van der Waals surface area contributed by atoms with Gasteiger partial charge >= 0.3 is 0 Å². The van der Waals surface area contributed by atoms with E-state index in [1.165, 1.54) is 0 Å². The molecule has 1 aliphatic carbocycles. The highest BCUT2D eigenvalue weighted by atomic mass is 19.3. The highest BCUT2D eigenvalue weighted by Gasteiger charge is 2.56. The second-order valence-corrected chi connectivity index (χ2v) is 5.86. The molecule has 1 spiro atoms. The van der Waals surface area contributed by atoms with Gasteiger partial charge in [0, 0.05) is 31.6 Å². The van der Waals surface area contributed by atoms with Crippen LogP contribution in [0.4, 0.5) is 14.5 Å². The quantitative estimate of drug-likeness (QED) is 0.773. The normalized spacial score (nSPS) is 23.7. The maximum Gasteiger partial charge on any atom is 0.249 e. The van der Waals surface area contributed by atoms with E-state index in [0.29, 0.717) is 5.56 Å². The summed E-state index contributed by atoms with van der Waals surface area (Å²) >= 11 is 0. The molecule has 0 bridgehead atoms. The number of piperidine rings is 1. The summed E-state index contributed by atoms with van der Waals surface area (Å²) < 4.78 is 26.1. The third-order valence-corrected chi connectivity index (χ3v) is 4.45. The zero-order valence-electron chi connectivity index (χ0n) is 10.7. The van der Waals surface area contributed by atoms with Crippen molar-refractivity contribution in [3.05, 3.63) is 29.8 Å². The highest BCUT2D eigenvalue weighted by Crippen LogP contribution is 2.57. The van der Waals surface area contributed by atoms with Crippen LogP contribution >= 0.6 is 0 Å². The number of rotatable bonds is 1. The van der Waals surface area contributed by atoms with Gasteiger partial charge in [-0.3, -0.25) is 0 Å². The third-order valence-electron chi connectivity index (χ3n) is 4.45. The molecule has 0 N–H and O–H groups in total. The van der Waals surface area contributed by atoms with Crippen molar-refractivity contribution >= 4 is 5.69 Å². The molecule has 2 fully saturated rings. The summed E-state index contributed by atoms with van der Waals surface area (Å²) in [5.41, 5.74) is 1.63. The van der Waals surface area contributed by atoms with Gasteiger partial charge < -0.3 is 4.90 Å². The number of benzene rings is 1. The van der Waals surface area contributed by atoms with Gasteiger partial charge in [0.05, 0.1) is 11.6 Å². The van der Waals surface area contributed by atoms with Gasteiger partial charge in [-0.1, -0.05) is 0 Å². The molecule has 0 radical (unpaired) electrons. The lowest BCUT2D eigenvalue weighted by Gasteiger charge is -2.52. The molecular weight excluding hydrogens is 246 g/mol. The molecular formula is C15H16F2N2. The first-order valence-electron chi connectivity index (χ1n) is 6.65. The van der Waals surface area contributed by atoms with E-state index in [1.807, 2.05) is 12.1 Å². The number of halogens is 2. The Bertz CT molecular complexity index is 498. The molecule has 1 saturated heterocycles. The molecule has 1 aromatic carbocycles. The van der Waals surface area contributed by atoms with Gasteiger partial charge in [0.2, 0.25) is 5.92 Å². The Balaban J connectivity index is 1.63. The summed E-state index contributed by atoms with van der Waals surface area (Å²) in [6.45, 7) is 1.67. The largest absolute Gasteiger partial charge is 0.371 e. The van der Waals surface area contributed by atoms with Crippen molar-refractivity contribution in [1.82, 2.24) is 0 Å². The van der Waals surface area contributed by atoms with E-state index in [-0.39, 0.29) is 18.3 Å². The Hall–Kier alpha value is -1.63. The van der Waals surface area contributed by atoms with Crippen molar-refractivity contribution in [2.75, 3.05) is 18.0 Å². The topological polar surface area (TPSA) is 27.0 Å². The van der Waals surface area contributed by atoms with Gasteiger partial charge in [0.1, 0.15) is 0 Å². The number of hydrogen-bond acceptors (Lipinski definition) is 2. The molecule has 2 nitrogen and oxygen atoms in total. The van der Waals surface area contributed by atoms with Gasteiger partial charge in [-0.15, -0.1) is 0 Å². The Morgan fingerprint density at radius 1 is 1.05 bits per heavy atom. The van der Waals surface area contributed by atoms with Gasteiger partial charge in [0.15, 0.2) is 0 Å².